The van der Waals surface area contributed by atoms with Gasteiger partial charge in [0.1, 0.15) is 12.4 Å². The minimum atomic E-state index is 0.480. The van der Waals surface area contributed by atoms with Crippen molar-refractivity contribution in [3.05, 3.63) is 27.7 Å². The van der Waals surface area contributed by atoms with E-state index in [-0.39, 0.29) is 0 Å². The van der Waals surface area contributed by atoms with Gasteiger partial charge in [-0.1, -0.05) is 30.1 Å². The second kappa shape index (κ2) is 8.59. The van der Waals surface area contributed by atoms with E-state index in [2.05, 4.69) is 5.32 Å². The Morgan fingerprint density at radius 1 is 1.17 bits per heavy atom. The van der Waals surface area contributed by atoms with Crippen LogP contribution in [0.25, 0.3) is 0 Å². The number of hydrogen-bond donors (Lipinski definition) is 1. The van der Waals surface area contributed by atoms with Crippen LogP contribution in [0, 0.1) is 0 Å². The molecule has 0 heterocycles. The standard InChI is InChI=1S/C13H19Cl2NO2/c1-3-16-9-10-7-11(14)8-12(15)13(10)18-6-5-17-4-2/h7-8,16H,3-6,9H2,1-2H3. The summed E-state index contributed by atoms with van der Waals surface area (Å²) in [7, 11) is 0. The van der Waals surface area contributed by atoms with Gasteiger partial charge in [-0.15, -0.1) is 0 Å². The predicted molar refractivity (Wildman–Crippen MR) is 75.8 cm³/mol. The molecule has 1 aromatic carbocycles. The maximum absolute atomic E-state index is 6.15. The van der Waals surface area contributed by atoms with Gasteiger partial charge < -0.3 is 14.8 Å². The summed E-state index contributed by atoms with van der Waals surface area (Å²) in [6, 6.07) is 3.56. The highest BCUT2D eigenvalue weighted by atomic mass is 35.5. The van der Waals surface area contributed by atoms with Gasteiger partial charge in [0.25, 0.3) is 0 Å². The zero-order valence-electron chi connectivity index (χ0n) is 10.8. The van der Waals surface area contributed by atoms with Gasteiger partial charge in [0.2, 0.25) is 0 Å². The lowest BCUT2D eigenvalue weighted by Gasteiger charge is -2.14. The second-order valence-corrected chi connectivity index (χ2v) is 4.55. The smallest absolute Gasteiger partial charge is 0.142 e. The van der Waals surface area contributed by atoms with Crippen molar-refractivity contribution in [1.82, 2.24) is 5.32 Å². The maximum atomic E-state index is 6.15. The van der Waals surface area contributed by atoms with E-state index in [0.29, 0.717) is 42.2 Å². The Morgan fingerprint density at radius 2 is 1.94 bits per heavy atom. The second-order valence-electron chi connectivity index (χ2n) is 3.70. The number of halogens is 2. The maximum Gasteiger partial charge on any atom is 0.142 e. The van der Waals surface area contributed by atoms with E-state index in [0.717, 1.165) is 12.1 Å². The van der Waals surface area contributed by atoms with Gasteiger partial charge >= 0.3 is 0 Å². The molecule has 18 heavy (non-hydrogen) atoms. The van der Waals surface area contributed by atoms with Crippen molar-refractivity contribution >= 4 is 23.2 Å². The van der Waals surface area contributed by atoms with Crippen LogP contribution in [0.2, 0.25) is 10.0 Å². The fourth-order valence-corrected chi connectivity index (χ4v) is 2.10. The molecule has 3 nitrogen and oxygen atoms in total. The highest BCUT2D eigenvalue weighted by molar-refractivity contribution is 6.35. The van der Waals surface area contributed by atoms with Crippen LogP contribution in [0.4, 0.5) is 0 Å². The van der Waals surface area contributed by atoms with Crippen LogP contribution in [0.15, 0.2) is 12.1 Å². The van der Waals surface area contributed by atoms with Crippen molar-refractivity contribution in [3.63, 3.8) is 0 Å². The van der Waals surface area contributed by atoms with Crippen molar-refractivity contribution < 1.29 is 9.47 Å². The van der Waals surface area contributed by atoms with Crippen molar-refractivity contribution in [3.8, 4) is 5.75 Å². The number of hydrogen-bond acceptors (Lipinski definition) is 3. The summed E-state index contributed by atoms with van der Waals surface area (Å²) in [5.41, 5.74) is 0.964. The average Bonchev–Trinajstić information content (AvgIpc) is 2.34. The zero-order chi connectivity index (χ0) is 13.4. The highest BCUT2D eigenvalue weighted by Gasteiger charge is 2.10. The molecule has 0 amide bonds. The molecular weight excluding hydrogens is 273 g/mol. The van der Waals surface area contributed by atoms with E-state index in [9.17, 15) is 0 Å². The number of rotatable bonds is 8. The Balaban J connectivity index is 2.72. The van der Waals surface area contributed by atoms with E-state index in [1.807, 2.05) is 19.9 Å². The van der Waals surface area contributed by atoms with Gasteiger partial charge in [0, 0.05) is 23.7 Å². The Kier molecular flexibility index (Phi) is 7.44. The first-order valence-corrected chi connectivity index (χ1v) is 6.83. The summed E-state index contributed by atoms with van der Waals surface area (Å²) < 4.78 is 10.9. The van der Waals surface area contributed by atoms with Crippen LogP contribution in [0.1, 0.15) is 19.4 Å². The molecule has 0 atom stereocenters. The summed E-state index contributed by atoms with van der Waals surface area (Å²) in [6.07, 6.45) is 0. The van der Waals surface area contributed by atoms with Gasteiger partial charge in [0.05, 0.1) is 11.6 Å². The van der Waals surface area contributed by atoms with Crippen LogP contribution in [0.3, 0.4) is 0 Å². The molecule has 0 bridgehead atoms. The molecule has 1 aromatic rings. The fraction of sp³-hybridized carbons (Fsp3) is 0.538. The first kappa shape index (κ1) is 15.6. The Bertz CT molecular complexity index is 372. The highest BCUT2D eigenvalue weighted by Crippen LogP contribution is 2.32. The lowest BCUT2D eigenvalue weighted by Crippen LogP contribution is -2.14. The average molecular weight is 292 g/mol. The molecule has 0 aliphatic rings. The molecule has 0 aliphatic carbocycles. The fourth-order valence-electron chi connectivity index (χ4n) is 1.51. The molecule has 5 heteroatoms. The van der Waals surface area contributed by atoms with Crippen LogP contribution < -0.4 is 10.1 Å². The summed E-state index contributed by atoms with van der Waals surface area (Å²) in [5, 5.41) is 4.38. The van der Waals surface area contributed by atoms with Crippen LogP contribution >= 0.6 is 23.2 Å². The number of nitrogens with one attached hydrogen (secondary N) is 1. The molecule has 0 saturated carbocycles. The summed E-state index contributed by atoms with van der Waals surface area (Å²) in [5.74, 6) is 0.682. The van der Waals surface area contributed by atoms with E-state index in [1.54, 1.807) is 6.07 Å². The van der Waals surface area contributed by atoms with Crippen molar-refractivity contribution in [1.29, 1.82) is 0 Å². The largest absolute Gasteiger partial charge is 0.489 e. The van der Waals surface area contributed by atoms with E-state index < -0.39 is 0 Å². The SMILES string of the molecule is CCNCc1cc(Cl)cc(Cl)c1OCCOCC. The minimum absolute atomic E-state index is 0.480. The Morgan fingerprint density at radius 3 is 2.61 bits per heavy atom. The van der Waals surface area contributed by atoms with Crippen molar-refractivity contribution in [2.75, 3.05) is 26.4 Å². The quantitative estimate of drug-likeness (QED) is 0.744. The first-order chi connectivity index (χ1) is 8.69. The third-order valence-corrected chi connectivity index (χ3v) is 2.83. The topological polar surface area (TPSA) is 30.5 Å². The number of ether oxygens (including phenoxy) is 2. The molecular formula is C13H19Cl2NO2. The first-order valence-electron chi connectivity index (χ1n) is 6.08. The zero-order valence-corrected chi connectivity index (χ0v) is 12.3. The molecule has 1 rings (SSSR count). The molecule has 102 valence electrons. The van der Waals surface area contributed by atoms with E-state index >= 15 is 0 Å². The van der Waals surface area contributed by atoms with Gasteiger partial charge in [-0.25, -0.2) is 0 Å². The normalized spacial score (nSPS) is 10.7. The molecule has 0 spiro atoms. The van der Waals surface area contributed by atoms with Crippen LogP contribution in [0.5, 0.6) is 5.75 Å². The van der Waals surface area contributed by atoms with Crippen molar-refractivity contribution in [2.24, 2.45) is 0 Å². The monoisotopic (exact) mass is 291 g/mol. The summed E-state index contributed by atoms with van der Waals surface area (Å²) >= 11 is 12.1. The molecule has 0 fully saturated rings. The van der Waals surface area contributed by atoms with Crippen LogP contribution in [-0.2, 0) is 11.3 Å². The predicted octanol–water partition coefficient (Wildman–Crippen LogP) is 3.52. The van der Waals surface area contributed by atoms with E-state index in [4.69, 9.17) is 32.7 Å². The van der Waals surface area contributed by atoms with Crippen LogP contribution in [-0.4, -0.2) is 26.4 Å². The van der Waals surface area contributed by atoms with Gasteiger partial charge in [-0.3, -0.25) is 0 Å². The van der Waals surface area contributed by atoms with Gasteiger partial charge in [0.15, 0.2) is 0 Å². The molecule has 0 radical (unpaired) electrons. The van der Waals surface area contributed by atoms with E-state index in [1.165, 1.54) is 0 Å². The van der Waals surface area contributed by atoms with Gasteiger partial charge in [-0.2, -0.15) is 0 Å². The Hall–Kier alpha value is -0.480. The number of benzene rings is 1. The molecule has 0 aromatic heterocycles. The molecule has 0 unspecified atom stereocenters. The molecule has 1 N–H and O–H groups in total. The van der Waals surface area contributed by atoms with Crippen molar-refractivity contribution in [2.45, 2.75) is 20.4 Å². The van der Waals surface area contributed by atoms with Gasteiger partial charge in [-0.05, 0) is 25.6 Å². The molecule has 0 saturated heterocycles. The Labute approximate surface area is 118 Å². The lowest BCUT2D eigenvalue weighted by atomic mass is 10.2. The third-order valence-electron chi connectivity index (χ3n) is 2.33. The third kappa shape index (κ3) is 5.02. The lowest BCUT2D eigenvalue weighted by molar-refractivity contribution is 0.110. The summed E-state index contributed by atoms with van der Waals surface area (Å²) in [6.45, 7) is 7.27. The minimum Gasteiger partial charge on any atom is -0.489 e. The summed E-state index contributed by atoms with van der Waals surface area (Å²) in [4.78, 5) is 0. The molecule has 0 aliphatic heterocycles.